The summed E-state index contributed by atoms with van der Waals surface area (Å²) in [4.78, 5) is 2.47. The Morgan fingerprint density at radius 3 is 2.30 bits per heavy atom. The molecule has 0 N–H and O–H groups in total. The van der Waals surface area contributed by atoms with Gasteiger partial charge in [-0.15, -0.1) is 0 Å². The van der Waals surface area contributed by atoms with Crippen LogP contribution in [0.5, 0.6) is 0 Å². The van der Waals surface area contributed by atoms with Crippen LogP contribution >= 0.6 is 7.55 Å². The van der Waals surface area contributed by atoms with Crippen molar-refractivity contribution in [1.82, 2.24) is 4.90 Å². The van der Waals surface area contributed by atoms with E-state index in [2.05, 4.69) is 31.7 Å². The molecule has 10 heavy (non-hydrogen) atoms. The molecule has 0 saturated carbocycles. The molecule has 0 aromatic heterocycles. The van der Waals surface area contributed by atoms with Gasteiger partial charge in [0.1, 0.15) is 0 Å². The highest BCUT2D eigenvalue weighted by molar-refractivity contribution is 7.54. The highest BCUT2D eigenvalue weighted by Crippen LogP contribution is 2.14. The first kappa shape index (κ1) is 10.1. The first-order valence-electron chi connectivity index (χ1n) is 3.94. The summed E-state index contributed by atoms with van der Waals surface area (Å²) in [5, 5.41) is 0. The number of rotatable bonds is 5. The lowest BCUT2D eigenvalue weighted by molar-refractivity contribution is 0.338. The molecule has 0 spiro atoms. The van der Waals surface area contributed by atoms with Gasteiger partial charge in [-0.2, -0.15) is 0 Å². The molecular formula is C8H19NP+. The van der Waals surface area contributed by atoms with E-state index in [1.165, 1.54) is 25.8 Å². The standard InChI is InChI=1S/C8H19NP/c1-5-7-9(6-2)8-10(3)4/h3,5-8H2,1-2,4H3/q+1. The van der Waals surface area contributed by atoms with Crippen molar-refractivity contribution in [2.24, 2.45) is 0 Å². The van der Waals surface area contributed by atoms with E-state index in [1.807, 2.05) is 0 Å². The predicted octanol–water partition coefficient (Wildman–Crippen LogP) is 2.22. The van der Waals surface area contributed by atoms with Gasteiger partial charge in [-0.25, -0.2) is 0 Å². The van der Waals surface area contributed by atoms with Crippen molar-refractivity contribution < 1.29 is 0 Å². The lowest BCUT2D eigenvalue weighted by Gasteiger charge is -2.13. The molecule has 0 amide bonds. The van der Waals surface area contributed by atoms with Gasteiger partial charge in [0, 0.05) is 6.54 Å². The molecule has 2 heteroatoms. The van der Waals surface area contributed by atoms with Gasteiger partial charge in [-0.05, 0) is 13.0 Å². The summed E-state index contributed by atoms with van der Waals surface area (Å²) >= 11 is 0. The molecule has 0 aromatic carbocycles. The smallest absolute Gasteiger partial charge is 0.158 e. The van der Waals surface area contributed by atoms with Crippen LogP contribution in [0.25, 0.3) is 0 Å². The van der Waals surface area contributed by atoms with Gasteiger partial charge in [-0.1, -0.05) is 13.8 Å². The van der Waals surface area contributed by atoms with Crippen LogP contribution in [0, 0.1) is 0 Å². The molecule has 0 heterocycles. The van der Waals surface area contributed by atoms with E-state index < -0.39 is 0 Å². The van der Waals surface area contributed by atoms with Crippen LogP contribution in [0.2, 0.25) is 0 Å². The van der Waals surface area contributed by atoms with Gasteiger partial charge in [0.15, 0.2) is 6.29 Å². The average molecular weight is 160 g/mol. The third-order valence-electron chi connectivity index (χ3n) is 1.43. The van der Waals surface area contributed by atoms with Crippen LogP contribution in [0.1, 0.15) is 20.3 Å². The zero-order chi connectivity index (χ0) is 7.98. The summed E-state index contributed by atoms with van der Waals surface area (Å²) in [5.41, 5.74) is 0. The Balaban J connectivity index is 3.49. The first-order valence-corrected chi connectivity index (χ1v) is 6.10. The van der Waals surface area contributed by atoms with Gasteiger partial charge < -0.3 is 0 Å². The van der Waals surface area contributed by atoms with Crippen molar-refractivity contribution in [2.45, 2.75) is 20.3 Å². The summed E-state index contributed by atoms with van der Waals surface area (Å²) in [5.74, 6) is 0. The molecule has 0 aliphatic carbocycles. The Hall–Kier alpha value is 0.130. The minimum Gasteiger partial charge on any atom is -0.266 e. The second-order valence-corrected chi connectivity index (χ2v) is 4.70. The minimum atomic E-state index is 0.0187. The Bertz CT molecular complexity index is 101. The third-order valence-corrected chi connectivity index (χ3v) is 2.31. The van der Waals surface area contributed by atoms with E-state index in [9.17, 15) is 0 Å². The highest BCUT2D eigenvalue weighted by atomic mass is 31.1. The van der Waals surface area contributed by atoms with Crippen LogP contribution in [0.3, 0.4) is 0 Å². The fraction of sp³-hybridized carbons (Fsp3) is 0.875. The number of nitrogens with zero attached hydrogens (tertiary/aromatic N) is 1. The maximum Gasteiger partial charge on any atom is 0.158 e. The second kappa shape index (κ2) is 5.88. The molecule has 0 saturated heterocycles. The molecule has 0 fully saturated rings. The van der Waals surface area contributed by atoms with Crippen LogP contribution < -0.4 is 0 Å². The second-order valence-electron chi connectivity index (χ2n) is 2.71. The monoisotopic (exact) mass is 160 g/mol. The molecule has 0 rings (SSSR count). The zero-order valence-electron chi connectivity index (χ0n) is 7.43. The lowest BCUT2D eigenvalue weighted by atomic mass is 10.4. The summed E-state index contributed by atoms with van der Waals surface area (Å²) in [7, 11) is 0.0187. The van der Waals surface area contributed by atoms with Crippen molar-refractivity contribution >= 4 is 13.8 Å². The van der Waals surface area contributed by atoms with Gasteiger partial charge in [-0.3, -0.25) is 4.90 Å². The summed E-state index contributed by atoms with van der Waals surface area (Å²) in [6, 6.07) is 0. The third kappa shape index (κ3) is 4.96. The largest absolute Gasteiger partial charge is 0.266 e. The molecule has 0 aliphatic rings. The predicted molar refractivity (Wildman–Crippen MR) is 52.4 cm³/mol. The summed E-state index contributed by atoms with van der Waals surface area (Å²) < 4.78 is 0. The van der Waals surface area contributed by atoms with Crippen LogP contribution in [0.15, 0.2) is 0 Å². The SMILES string of the molecule is C=[P+](C)CN(CC)CCC. The Morgan fingerprint density at radius 1 is 1.40 bits per heavy atom. The molecule has 60 valence electrons. The van der Waals surface area contributed by atoms with Gasteiger partial charge in [0.05, 0.1) is 20.5 Å². The van der Waals surface area contributed by atoms with E-state index >= 15 is 0 Å². The summed E-state index contributed by atoms with van der Waals surface area (Å²) in [6.45, 7) is 9.08. The molecule has 0 bridgehead atoms. The maximum absolute atomic E-state index is 4.03. The van der Waals surface area contributed by atoms with E-state index in [0.29, 0.717) is 0 Å². The molecular weight excluding hydrogens is 141 g/mol. The summed E-state index contributed by atoms with van der Waals surface area (Å²) in [6.07, 6.45) is 6.50. The maximum atomic E-state index is 4.03. The van der Waals surface area contributed by atoms with Gasteiger partial charge >= 0.3 is 0 Å². The molecule has 0 aliphatic heterocycles. The molecule has 0 aromatic rings. The molecule has 1 nitrogen and oxygen atoms in total. The molecule has 0 radical (unpaired) electrons. The number of hydrogen-bond acceptors (Lipinski definition) is 1. The fourth-order valence-corrected chi connectivity index (χ4v) is 2.01. The van der Waals surface area contributed by atoms with Gasteiger partial charge in [0.2, 0.25) is 0 Å². The fourth-order valence-electron chi connectivity index (χ4n) is 0.986. The zero-order valence-corrected chi connectivity index (χ0v) is 8.32. The topological polar surface area (TPSA) is 3.24 Å². The normalized spacial score (nSPS) is 12.2. The quantitative estimate of drug-likeness (QED) is 0.557. The van der Waals surface area contributed by atoms with Crippen molar-refractivity contribution in [2.75, 3.05) is 26.0 Å². The highest BCUT2D eigenvalue weighted by Gasteiger charge is 2.05. The van der Waals surface area contributed by atoms with E-state index in [4.69, 9.17) is 0 Å². The minimum absolute atomic E-state index is 0.0187. The Labute approximate surface area is 65.8 Å². The molecule has 1 atom stereocenters. The van der Waals surface area contributed by atoms with Crippen molar-refractivity contribution in [3.63, 3.8) is 0 Å². The van der Waals surface area contributed by atoms with Crippen molar-refractivity contribution in [3.8, 4) is 0 Å². The molecule has 1 unspecified atom stereocenters. The van der Waals surface area contributed by atoms with Crippen LogP contribution in [-0.4, -0.2) is 37.2 Å². The van der Waals surface area contributed by atoms with Crippen molar-refractivity contribution in [3.05, 3.63) is 0 Å². The lowest BCUT2D eigenvalue weighted by Crippen LogP contribution is -2.23. The van der Waals surface area contributed by atoms with E-state index in [1.54, 1.807) is 0 Å². The number of hydrogen-bond donors (Lipinski definition) is 0. The Morgan fingerprint density at radius 2 is 2.00 bits per heavy atom. The van der Waals surface area contributed by atoms with E-state index in [0.717, 1.165) is 0 Å². The van der Waals surface area contributed by atoms with Crippen LogP contribution in [-0.2, 0) is 0 Å². The van der Waals surface area contributed by atoms with Gasteiger partial charge in [0.25, 0.3) is 0 Å². The Kier molecular flexibility index (Phi) is 5.96. The van der Waals surface area contributed by atoms with E-state index in [-0.39, 0.29) is 7.55 Å². The van der Waals surface area contributed by atoms with Crippen LogP contribution in [0.4, 0.5) is 0 Å². The average Bonchev–Trinajstić information content (AvgIpc) is 1.86. The van der Waals surface area contributed by atoms with Crippen molar-refractivity contribution in [1.29, 1.82) is 0 Å². The first-order chi connectivity index (χ1) is 4.70.